The van der Waals surface area contributed by atoms with E-state index in [1.54, 1.807) is 49.9 Å². The highest BCUT2D eigenvalue weighted by atomic mass is 35.5. The molecule has 9 heteroatoms. The molecule has 0 saturated carbocycles. The first-order valence-electron chi connectivity index (χ1n) is 13.0. The number of aryl methyl sites for hydroxylation is 1. The van der Waals surface area contributed by atoms with E-state index in [0.29, 0.717) is 41.3 Å². The van der Waals surface area contributed by atoms with Crippen molar-refractivity contribution in [3.05, 3.63) is 82.4 Å². The number of benzene rings is 2. The SMILES string of the molecule is CCC1CN(c2cc(-c3cc(F)cc(-c4ccc(-n5ccn(C)c5=O)c(Cl)c4)c3O)ccn2)CC(C)C1(C)O. The molecule has 5 rings (SSSR count). The Bertz CT molecular complexity index is 1600. The Labute approximate surface area is 231 Å². The maximum absolute atomic E-state index is 14.9. The molecule has 2 aromatic heterocycles. The van der Waals surface area contributed by atoms with E-state index in [4.69, 9.17) is 11.6 Å². The van der Waals surface area contributed by atoms with Gasteiger partial charge in [0, 0.05) is 61.7 Å². The van der Waals surface area contributed by atoms with Crippen LogP contribution < -0.4 is 10.6 Å². The van der Waals surface area contributed by atoms with Crippen molar-refractivity contribution >= 4 is 17.4 Å². The van der Waals surface area contributed by atoms with Crippen LogP contribution in [0.5, 0.6) is 5.75 Å². The number of aromatic hydroxyl groups is 1. The summed E-state index contributed by atoms with van der Waals surface area (Å²) in [5.41, 5.74) is 1.23. The molecule has 39 heavy (non-hydrogen) atoms. The van der Waals surface area contributed by atoms with Crippen LogP contribution in [0.2, 0.25) is 5.02 Å². The van der Waals surface area contributed by atoms with E-state index >= 15 is 0 Å². The predicted molar refractivity (Wildman–Crippen MR) is 152 cm³/mol. The summed E-state index contributed by atoms with van der Waals surface area (Å²) < 4.78 is 17.8. The molecule has 3 heterocycles. The topological polar surface area (TPSA) is 83.5 Å². The summed E-state index contributed by atoms with van der Waals surface area (Å²) in [5.74, 6) is 0.231. The van der Waals surface area contributed by atoms with Crippen LogP contribution in [-0.4, -0.2) is 43.0 Å². The van der Waals surface area contributed by atoms with Crippen LogP contribution >= 0.6 is 11.6 Å². The zero-order valence-corrected chi connectivity index (χ0v) is 23.2. The molecule has 2 aromatic carbocycles. The van der Waals surface area contributed by atoms with Gasteiger partial charge in [0.15, 0.2) is 0 Å². The Balaban J connectivity index is 1.51. The van der Waals surface area contributed by atoms with Gasteiger partial charge in [-0.05, 0) is 60.9 Å². The van der Waals surface area contributed by atoms with E-state index in [-0.39, 0.29) is 33.9 Å². The molecule has 0 spiro atoms. The van der Waals surface area contributed by atoms with Crippen molar-refractivity contribution in [3.8, 4) is 33.7 Å². The molecule has 0 aliphatic carbocycles. The van der Waals surface area contributed by atoms with Crippen LogP contribution in [0.15, 0.2) is 65.8 Å². The van der Waals surface area contributed by atoms with Gasteiger partial charge < -0.3 is 19.7 Å². The van der Waals surface area contributed by atoms with Crippen molar-refractivity contribution in [2.45, 2.75) is 32.8 Å². The van der Waals surface area contributed by atoms with Gasteiger partial charge in [-0.2, -0.15) is 0 Å². The number of aliphatic hydroxyl groups is 1. The monoisotopic (exact) mass is 550 g/mol. The van der Waals surface area contributed by atoms with Crippen LogP contribution in [0.3, 0.4) is 0 Å². The molecule has 1 saturated heterocycles. The lowest BCUT2D eigenvalue weighted by Gasteiger charge is -2.47. The first kappa shape index (κ1) is 27.0. The first-order chi connectivity index (χ1) is 18.5. The lowest BCUT2D eigenvalue weighted by Crippen LogP contribution is -2.55. The molecule has 2 N–H and O–H groups in total. The average Bonchev–Trinajstić information content (AvgIpc) is 3.24. The van der Waals surface area contributed by atoms with E-state index in [1.165, 1.54) is 21.3 Å². The zero-order valence-electron chi connectivity index (χ0n) is 22.4. The van der Waals surface area contributed by atoms with Gasteiger partial charge in [-0.25, -0.2) is 14.2 Å². The van der Waals surface area contributed by atoms with Crippen molar-refractivity contribution < 1.29 is 14.6 Å². The van der Waals surface area contributed by atoms with Crippen LogP contribution in [0, 0.1) is 17.7 Å². The van der Waals surface area contributed by atoms with Crippen molar-refractivity contribution in [2.75, 3.05) is 18.0 Å². The van der Waals surface area contributed by atoms with Crippen LogP contribution in [0.25, 0.3) is 27.9 Å². The minimum atomic E-state index is -0.760. The molecule has 1 aliphatic heterocycles. The second-order valence-electron chi connectivity index (χ2n) is 10.6. The van der Waals surface area contributed by atoms with Gasteiger partial charge in [-0.3, -0.25) is 4.57 Å². The molecule has 3 unspecified atom stereocenters. The summed E-state index contributed by atoms with van der Waals surface area (Å²) in [4.78, 5) is 19.1. The number of phenols is 1. The molecular formula is C30H32ClFN4O3. The second kappa shape index (κ2) is 10.2. The number of halogens is 2. The van der Waals surface area contributed by atoms with Crippen LogP contribution in [-0.2, 0) is 7.05 Å². The Morgan fingerprint density at radius 3 is 2.41 bits per heavy atom. The Kier molecular flexibility index (Phi) is 7.03. The van der Waals surface area contributed by atoms with Crippen LogP contribution in [0.4, 0.5) is 10.2 Å². The van der Waals surface area contributed by atoms with E-state index in [2.05, 4.69) is 16.8 Å². The van der Waals surface area contributed by atoms with Gasteiger partial charge in [0.2, 0.25) is 0 Å². The lowest BCUT2D eigenvalue weighted by atomic mass is 9.74. The van der Waals surface area contributed by atoms with E-state index in [0.717, 1.165) is 6.42 Å². The number of piperidine rings is 1. The second-order valence-corrected chi connectivity index (χ2v) is 11.0. The molecule has 4 aromatic rings. The van der Waals surface area contributed by atoms with Gasteiger partial charge in [0.05, 0.1) is 16.3 Å². The van der Waals surface area contributed by atoms with Crippen LogP contribution in [0.1, 0.15) is 27.2 Å². The quantitative estimate of drug-likeness (QED) is 0.336. The minimum absolute atomic E-state index is 0.0373. The lowest BCUT2D eigenvalue weighted by molar-refractivity contribution is -0.0582. The third kappa shape index (κ3) is 4.83. The fourth-order valence-corrected chi connectivity index (χ4v) is 5.76. The Morgan fingerprint density at radius 1 is 1.10 bits per heavy atom. The maximum Gasteiger partial charge on any atom is 0.332 e. The molecule has 204 valence electrons. The third-order valence-corrected chi connectivity index (χ3v) is 8.48. The molecular weight excluding hydrogens is 519 g/mol. The van der Waals surface area contributed by atoms with E-state index in [1.807, 2.05) is 19.9 Å². The molecule has 7 nitrogen and oxygen atoms in total. The first-order valence-corrected chi connectivity index (χ1v) is 13.4. The summed E-state index contributed by atoms with van der Waals surface area (Å²) in [6, 6.07) is 11.1. The highest BCUT2D eigenvalue weighted by molar-refractivity contribution is 6.32. The summed E-state index contributed by atoms with van der Waals surface area (Å²) >= 11 is 6.53. The standard InChI is InChI=1S/C30H32ClFN4O3/c1-5-21-17-35(16-18(2)30(21,3)39)27-13-20(8-9-33-27)24-15-22(32)14-23(28(24)37)19-6-7-26(25(31)12-19)36-11-10-34(4)29(36)38/h6-15,18,21,37,39H,5,16-17H2,1-4H3. The summed E-state index contributed by atoms with van der Waals surface area (Å²) in [5, 5.41) is 22.6. The summed E-state index contributed by atoms with van der Waals surface area (Å²) in [6.45, 7) is 7.29. The number of anilines is 1. The molecule has 0 bridgehead atoms. The molecule has 0 radical (unpaired) electrons. The summed E-state index contributed by atoms with van der Waals surface area (Å²) in [6.07, 6.45) is 5.74. The number of pyridine rings is 1. The minimum Gasteiger partial charge on any atom is -0.507 e. The fourth-order valence-electron chi connectivity index (χ4n) is 5.49. The van der Waals surface area contributed by atoms with Crippen molar-refractivity contribution in [3.63, 3.8) is 0 Å². The summed E-state index contributed by atoms with van der Waals surface area (Å²) in [7, 11) is 1.65. The van der Waals surface area contributed by atoms with Gasteiger partial charge in [0.25, 0.3) is 0 Å². The molecule has 3 atom stereocenters. The number of imidazole rings is 1. The fraction of sp³-hybridized carbons (Fsp3) is 0.333. The number of aromatic nitrogens is 3. The Morgan fingerprint density at radius 2 is 1.79 bits per heavy atom. The smallest absolute Gasteiger partial charge is 0.332 e. The molecule has 1 fully saturated rings. The van der Waals surface area contributed by atoms with Gasteiger partial charge >= 0.3 is 5.69 Å². The Hall–Kier alpha value is -3.62. The molecule has 0 amide bonds. The van der Waals surface area contributed by atoms with E-state index < -0.39 is 11.4 Å². The third-order valence-electron chi connectivity index (χ3n) is 8.17. The highest BCUT2D eigenvalue weighted by Gasteiger charge is 2.42. The normalized spacial score (nSPS) is 21.4. The number of nitrogens with zero attached hydrogens (tertiary/aromatic N) is 4. The average molecular weight is 551 g/mol. The van der Waals surface area contributed by atoms with Gasteiger partial charge in [0.1, 0.15) is 17.4 Å². The van der Waals surface area contributed by atoms with Crippen molar-refractivity contribution in [2.24, 2.45) is 18.9 Å². The zero-order chi connectivity index (χ0) is 28.1. The van der Waals surface area contributed by atoms with E-state index in [9.17, 15) is 19.4 Å². The van der Waals surface area contributed by atoms with Gasteiger partial charge in [-0.15, -0.1) is 0 Å². The van der Waals surface area contributed by atoms with Crippen molar-refractivity contribution in [1.82, 2.24) is 14.1 Å². The largest absolute Gasteiger partial charge is 0.507 e. The number of hydrogen-bond acceptors (Lipinski definition) is 5. The predicted octanol–water partition coefficient (Wildman–Crippen LogP) is 5.64. The number of rotatable bonds is 5. The van der Waals surface area contributed by atoms with Crippen molar-refractivity contribution in [1.29, 1.82) is 0 Å². The maximum atomic E-state index is 14.9. The highest BCUT2D eigenvalue weighted by Crippen LogP contribution is 2.42. The number of phenolic OH excluding ortho intramolecular Hbond substituents is 1. The van der Waals surface area contributed by atoms with Gasteiger partial charge in [-0.1, -0.05) is 31.5 Å². The molecule has 1 aliphatic rings. The number of hydrogen-bond donors (Lipinski definition) is 2.